The van der Waals surface area contributed by atoms with Crippen LogP contribution in [0.5, 0.6) is 0 Å². The van der Waals surface area contributed by atoms with Gasteiger partial charge in [0.1, 0.15) is 19.3 Å². The summed E-state index contributed by atoms with van der Waals surface area (Å²) in [7, 11) is 0. The molecule has 3 heterocycles. The third kappa shape index (κ3) is 5.78. The molecule has 36 heavy (non-hydrogen) atoms. The van der Waals surface area contributed by atoms with E-state index in [9.17, 15) is 24.0 Å². The van der Waals surface area contributed by atoms with Crippen LogP contribution in [0.15, 0.2) is 58.3 Å². The zero-order valence-corrected chi connectivity index (χ0v) is 19.3. The van der Waals surface area contributed by atoms with Gasteiger partial charge in [0.25, 0.3) is 5.56 Å². The molecule has 0 spiro atoms. The van der Waals surface area contributed by atoms with Gasteiger partial charge in [0.15, 0.2) is 18.6 Å². The van der Waals surface area contributed by atoms with Crippen LogP contribution in [0.4, 0.5) is 0 Å². The fraction of sp³-hybridized carbons (Fsp3) is 0.375. The zero-order chi connectivity index (χ0) is 25.7. The largest absolute Gasteiger partial charge is 0.462 e. The third-order valence-electron chi connectivity index (χ3n) is 5.63. The SMILES string of the molecule is Cc1cn([C@H]2C=C[C@@H](COC(=O)CC3(CC(=O)OCc4ccccc4)OCOC3=O)O2)c(=O)[nH]c1=O. The van der Waals surface area contributed by atoms with E-state index in [0.29, 0.717) is 5.56 Å². The van der Waals surface area contributed by atoms with Crippen LogP contribution in [0.1, 0.15) is 30.2 Å². The Morgan fingerprint density at radius 1 is 1.08 bits per heavy atom. The summed E-state index contributed by atoms with van der Waals surface area (Å²) in [5.74, 6) is -2.42. The number of cyclic esters (lactones) is 1. The van der Waals surface area contributed by atoms with E-state index in [1.165, 1.54) is 10.8 Å². The van der Waals surface area contributed by atoms with Crippen molar-refractivity contribution in [2.24, 2.45) is 0 Å². The molecule has 0 aliphatic carbocycles. The first-order valence-corrected chi connectivity index (χ1v) is 11.1. The minimum atomic E-state index is -1.85. The van der Waals surface area contributed by atoms with Crippen molar-refractivity contribution < 1.29 is 38.1 Å². The third-order valence-corrected chi connectivity index (χ3v) is 5.63. The van der Waals surface area contributed by atoms with Crippen molar-refractivity contribution in [3.05, 3.63) is 80.6 Å². The number of aromatic nitrogens is 2. The first kappa shape index (κ1) is 25.1. The number of nitrogens with one attached hydrogen (secondary N) is 1. The molecule has 0 radical (unpaired) electrons. The number of esters is 3. The molecule has 12 heteroatoms. The van der Waals surface area contributed by atoms with Crippen molar-refractivity contribution in [2.75, 3.05) is 13.4 Å². The van der Waals surface area contributed by atoms with E-state index in [2.05, 4.69) is 4.98 Å². The smallest absolute Gasteiger partial charge is 0.341 e. The molecule has 0 saturated carbocycles. The van der Waals surface area contributed by atoms with Gasteiger partial charge < -0.3 is 23.7 Å². The second-order valence-electron chi connectivity index (χ2n) is 8.30. The molecule has 2 aliphatic heterocycles. The summed E-state index contributed by atoms with van der Waals surface area (Å²) in [6.45, 7) is 0.934. The van der Waals surface area contributed by atoms with Crippen molar-refractivity contribution in [2.45, 2.75) is 44.3 Å². The molecule has 12 nitrogen and oxygen atoms in total. The summed E-state index contributed by atoms with van der Waals surface area (Å²) in [4.78, 5) is 63.0. The number of hydrogen-bond donors (Lipinski definition) is 1. The van der Waals surface area contributed by atoms with Gasteiger partial charge in [-0.2, -0.15) is 0 Å². The van der Waals surface area contributed by atoms with Gasteiger partial charge in [0.2, 0.25) is 0 Å². The predicted octanol–water partition coefficient (Wildman–Crippen LogP) is 0.635. The lowest BCUT2D eigenvalue weighted by Crippen LogP contribution is -2.42. The molecule has 1 aromatic carbocycles. The van der Waals surface area contributed by atoms with Gasteiger partial charge in [0, 0.05) is 11.8 Å². The molecule has 1 N–H and O–H groups in total. The molecule has 1 saturated heterocycles. The monoisotopic (exact) mass is 500 g/mol. The van der Waals surface area contributed by atoms with Gasteiger partial charge in [-0.15, -0.1) is 0 Å². The molecule has 0 amide bonds. The highest BCUT2D eigenvalue weighted by molar-refractivity contribution is 5.91. The van der Waals surface area contributed by atoms with Crippen LogP contribution in [0.3, 0.4) is 0 Å². The quantitative estimate of drug-likeness (QED) is 0.295. The highest BCUT2D eigenvalue weighted by Crippen LogP contribution is 2.29. The standard InChI is InChI=1S/C24H24N2O10/c1-15-11-26(23(31)25-21(15)29)18-8-7-17(36-18)13-33-20(28)10-24(22(30)34-14-35-24)9-19(27)32-12-16-5-3-2-4-6-16/h2-8,11,17-18H,9-10,12-14H2,1H3,(H,25,29,31)/t17-,18+,24?/m0/s1. The molecular formula is C24H24N2O10. The Hall–Kier alpha value is -4.03. The molecule has 1 unspecified atom stereocenters. The van der Waals surface area contributed by atoms with Crippen LogP contribution in [0.2, 0.25) is 0 Å². The first-order chi connectivity index (χ1) is 17.3. The van der Waals surface area contributed by atoms with Crippen molar-refractivity contribution in [3.8, 4) is 0 Å². The minimum absolute atomic E-state index is 0.000316. The maximum Gasteiger partial charge on any atom is 0.341 e. The van der Waals surface area contributed by atoms with E-state index in [1.54, 1.807) is 43.3 Å². The highest BCUT2D eigenvalue weighted by Gasteiger charge is 2.50. The normalized spacial score (nSPS) is 22.9. The van der Waals surface area contributed by atoms with Gasteiger partial charge in [0.05, 0.1) is 12.8 Å². The second kappa shape index (κ2) is 10.7. The highest BCUT2D eigenvalue weighted by atomic mass is 16.7. The Morgan fingerprint density at radius 2 is 1.81 bits per heavy atom. The van der Waals surface area contributed by atoms with E-state index in [-0.39, 0.29) is 13.2 Å². The topological polar surface area (TPSA) is 152 Å². The molecule has 0 bridgehead atoms. The predicted molar refractivity (Wildman–Crippen MR) is 120 cm³/mol. The maximum atomic E-state index is 12.5. The summed E-state index contributed by atoms with van der Waals surface area (Å²) >= 11 is 0. The second-order valence-corrected chi connectivity index (χ2v) is 8.30. The van der Waals surface area contributed by atoms with Crippen LogP contribution in [-0.2, 0) is 44.7 Å². The Balaban J connectivity index is 1.30. The number of nitrogens with zero attached hydrogens (tertiary/aromatic N) is 1. The zero-order valence-electron chi connectivity index (χ0n) is 19.3. The van der Waals surface area contributed by atoms with Gasteiger partial charge in [-0.3, -0.25) is 23.9 Å². The molecule has 2 aliphatic rings. The summed E-state index contributed by atoms with van der Waals surface area (Å²) in [5, 5.41) is 0. The summed E-state index contributed by atoms with van der Waals surface area (Å²) < 4.78 is 27.5. The van der Waals surface area contributed by atoms with Gasteiger partial charge >= 0.3 is 23.6 Å². The Labute approximate surface area is 204 Å². The van der Waals surface area contributed by atoms with E-state index < -0.39 is 66.7 Å². The number of ether oxygens (including phenoxy) is 5. The first-order valence-electron chi connectivity index (χ1n) is 11.1. The summed E-state index contributed by atoms with van der Waals surface area (Å²) in [5.41, 5.74) is -1.89. The number of aryl methyl sites for hydroxylation is 1. The van der Waals surface area contributed by atoms with Crippen molar-refractivity contribution in [3.63, 3.8) is 0 Å². The van der Waals surface area contributed by atoms with Gasteiger partial charge in [-0.25, -0.2) is 9.59 Å². The molecule has 2 aromatic rings. The Bertz CT molecular complexity index is 1280. The van der Waals surface area contributed by atoms with Gasteiger partial charge in [-0.1, -0.05) is 36.4 Å². The number of hydrogen-bond acceptors (Lipinski definition) is 10. The summed E-state index contributed by atoms with van der Waals surface area (Å²) in [6.07, 6.45) is 1.99. The van der Waals surface area contributed by atoms with Crippen molar-refractivity contribution in [1.82, 2.24) is 9.55 Å². The van der Waals surface area contributed by atoms with Crippen LogP contribution in [0.25, 0.3) is 0 Å². The number of rotatable bonds is 9. The van der Waals surface area contributed by atoms with E-state index >= 15 is 0 Å². The average Bonchev–Trinajstić information content (AvgIpc) is 3.46. The Kier molecular flexibility index (Phi) is 7.46. The minimum Gasteiger partial charge on any atom is -0.462 e. The van der Waals surface area contributed by atoms with Crippen LogP contribution >= 0.6 is 0 Å². The van der Waals surface area contributed by atoms with Crippen LogP contribution in [-0.4, -0.2) is 52.6 Å². The lowest BCUT2D eigenvalue weighted by Gasteiger charge is -2.22. The molecule has 4 rings (SSSR count). The Morgan fingerprint density at radius 3 is 2.50 bits per heavy atom. The molecule has 190 valence electrons. The van der Waals surface area contributed by atoms with Crippen LogP contribution in [0, 0.1) is 6.92 Å². The average molecular weight is 500 g/mol. The lowest BCUT2D eigenvalue weighted by molar-refractivity contribution is -0.164. The number of aromatic amines is 1. The van der Waals surface area contributed by atoms with Gasteiger partial charge in [-0.05, 0) is 18.6 Å². The summed E-state index contributed by atoms with van der Waals surface area (Å²) in [6, 6.07) is 8.97. The lowest BCUT2D eigenvalue weighted by atomic mass is 9.95. The van der Waals surface area contributed by atoms with E-state index in [0.717, 1.165) is 5.56 Å². The molecular weight excluding hydrogens is 476 g/mol. The number of carbonyl (C=O) groups is 3. The fourth-order valence-corrected chi connectivity index (χ4v) is 3.69. The van der Waals surface area contributed by atoms with E-state index in [4.69, 9.17) is 23.7 Å². The molecule has 1 fully saturated rings. The fourth-order valence-electron chi connectivity index (χ4n) is 3.69. The van der Waals surface area contributed by atoms with Crippen molar-refractivity contribution >= 4 is 17.9 Å². The number of H-pyrrole nitrogens is 1. The number of benzene rings is 1. The van der Waals surface area contributed by atoms with E-state index in [1.807, 2.05) is 6.07 Å². The maximum absolute atomic E-state index is 12.5. The molecule has 3 atom stereocenters. The molecule has 1 aromatic heterocycles. The number of carbonyl (C=O) groups excluding carboxylic acids is 3. The van der Waals surface area contributed by atoms with Crippen molar-refractivity contribution in [1.29, 1.82) is 0 Å². The van der Waals surface area contributed by atoms with Crippen LogP contribution < -0.4 is 11.2 Å².